The molecule has 0 unspecified atom stereocenters. The molecular weight excluding hydrogens is 164 g/mol. The van der Waals surface area contributed by atoms with Crippen LogP contribution < -0.4 is 5.73 Å². The molecule has 0 aromatic rings. The predicted octanol–water partition coefficient (Wildman–Crippen LogP) is 2.24. The van der Waals surface area contributed by atoms with Crippen LogP contribution in [0.5, 0.6) is 0 Å². The number of halogens is 2. The Hall–Kier alpha value is -1.06. The van der Waals surface area contributed by atoms with Gasteiger partial charge < -0.3 is 10.5 Å². The van der Waals surface area contributed by atoms with E-state index in [0.29, 0.717) is 5.92 Å². The number of nitrogens with two attached hydrogens (primary N) is 1. The number of hydrogen-bond acceptors (Lipinski definition) is 2. The van der Waals surface area contributed by atoms with Gasteiger partial charge in [0.05, 0.1) is 0 Å². The van der Waals surface area contributed by atoms with E-state index in [0.717, 1.165) is 0 Å². The molecule has 0 amide bonds. The van der Waals surface area contributed by atoms with Crippen LogP contribution in [0.4, 0.5) is 8.78 Å². The Morgan fingerprint density at radius 3 is 2.42 bits per heavy atom. The Morgan fingerprint density at radius 1 is 1.42 bits per heavy atom. The lowest BCUT2D eigenvalue weighted by atomic mass is 10.2. The highest BCUT2D eigenvalue weighted by Crippen LogP contribution is 2.00. The van der Waals surface area contributed by atoms with Crippen molar-refractivity contribution in [2.45, 2.75) is 20.5 Å². The fourth-order valence-electron chi connectivity index (χ4n) is 0.515. The molecule has 2 nitrogen and oxygen atoms in total. The fraction of sp³-hybridized carbons (Fsp3) is 0.500. The summed E-state index contributed by atoms with van der Waals surface area (Å²) in [4.78, 5) is 0. The molecule has 4 heteroatoms. The van der Waals surface area contributed by atoms with E-state index < -0.39 is 6.61 Å². The molecule has 0 aliphatic carbocycles. The van der Waals surface area contributed by atoms with Crippen LogP contribution in [-0.4, -0.2) is 6.61 Å². The van der Waals surface area contributed by atoms with Gasteiger partial charge in [0.1, 0.15) is 0 Å². The van der Waals surface area contributed by atoms with E-state index in [9.17, 15) is 8.78 Å². The van der Waals surface area contributed by atoms with Gasteiger partial charge in [-0.1, -0.05) is 26.0 Å². The normalized spacial score (nSPS) is 13.3. The van der Waals surface area contributed by atoms with Crippen LogP contribution in [0.2, 0.25) is 0 Å². The van der Waals surface area contributed by atoms with Gasteiger partial charge in [0.2, 0.25) is 0 Å². The lowest BCUT2D eigenvalue weighted by molar-refractivity contribution is -0.0968. The van der Waals surface area contributed by atoms with E-state index >= 15 is 0 Å². The highest BCUT2D eigenvalue weighted by molar-refractivity contribution is 5.05. The number of allylic oxidation sites excluding steroid dienone is 3. The molecule has 0 saturated heterocycles. The first-order valence-electron chi connectivity index (χ1n) is 3.61. The van der Waals surface area contributed by atoms with Crippen LogP contribution in [0.15, 0.2) is 24.1 Å². The molecule has 12 heavy (non-hydrogen) atoms. The summed E-state index contributed by atoms with van der Waals surface area (Å²) in [7, 11) is 0. The summed E-state index contributed by atoms with van der Waals surface area (Å²) in [6.45, 7) is 1.08. The maximum atomic E-state index is 11.5. The van der Waals surface area contributed by atoms with Crippen LogP contribution in [-0.2, 0) is 4.74 Å². The first-order valence-corrected chi connectivity index (χ1v) is 3.61. The van der Waals surface area contributed by atoms with Gasteiger partial charge in [-0.15, -0.1) is 0 Å². The van der Waals surface area contributed by atoms with E-state index in [1.165, 1.54) is 6.08 Å². The number of alkyl halides is 2. The first-order chi connectivity index (χ1) is 5.52. The molecule has 70 valence electrons. The van der Waals surface area contributed by atoms with Crippen molar-refractivity contribution < 1.29 is 13.5 Å². The summed E-state index contributed by atoms with van der Waals surface area (Å²) in [5, 5.41) is 0. The zero-order chi connectivity index (χ0) is 9.56. The number of rotatable bonds is 4. The third-order valence-corrected chi connectivity index (χ3v) is 0.982. The lowest BCUT2D eigenvalue weighted by Gasteiger charge is -2.01. The zero-order valence-electron chi connectivity index (χ0n) is 7.13. The molecule has 2 N–H and O–H groups in total. The van der Waals surface area contributed by atoms with Gasteiger partial charge in [0.15, 0.2) is 5.88 Å². The van der Waals surface area contributed by atoms with Crippen molar-refractivity contribution in [1.29, 1.82) is 0 Å². The predicted molar refractivity (Wildman–Crippen MR) is 43.3 cm³/mol. The molecule has 0 atom stereocenters. The number of hydrogen-bond donors (Lipinski definition) is 1. The largest absolute Gasteiger partial charge is 0.420 e. The highest BCUT2D eigenvalue weighted by Gasteiger charge is 2.01. The maximum absolute atomic E-state index is 11.5. The topological polar surface area (TPSA) is 35.2 Å². The smallest absolute Gasteiger partial charge is 0.388 e. The quantitative estimate of drug-likeness (QED) is 0.528. The summed E-state index contributed by atoms with van der Waals surface area (Å²) in [5.74, 6) is 0.0856. The third-order valence-electron chi connectivity index (χ3n) is 0.982. The van der Waals surface area contributed by atoms with Crippen molar-refractivity contribution in [3.63, 3.8) is 0 Å². The zero-order valence-corrected chi connectivity index (χ0v) is 7.13. The van der Waals surface area contributed by atoms with Crippen LogP contribution in [0.1, 0.15) is 13.8 Å². The van der Waals surface area contributed by atoms with Crippen molar-refractivity contribution in [3.05, 3.63) is 24.1 Å². The summed E-state index contributed by atoms with van der Waals surface area (Å²) in [6, 6.07) is 0. The van der Waals surface area contributed by atoms with Gasteiger partial charge in [-0.25, -0.2) is 0 Å². The molecule has 0 saturated carbocycles. The molecule has 0 aromatic carbocycles. The van der Waals surface area contributed by atoms with Crippen LogP contribution in [0, 0.1) is 5.92 Å². The van der Waals surface area contributed by atoms with Crippen molar-refractivity contribution in [2.24, 2.45) is 11.7 Å². The Balaban J connectivity index is 3.84. The second kappa shape index (κ2) is 5.57. The minimum Gasteiger partial charge on any atom is -0.420 e. The molecule has 0 rings (SSSR count). The van der Waals surface area contributed by atoms with Crippen LogP contribution in [0.3, 0.4) is 0 Å². The standard InChI is InChI=1S/C8H13F2NO/c1-6(2)4-3-5-7(11)12-8(9)10/h3-6,8H,11H2,1-2H3/b4-3-,7-5+. The molecule has 0 aliphatic rings. The minimum atomic E-state index is -2.85. The average molecular weight is 177 g/mol. The van der Waals surface area contributed by atoms with Gasteiger partial charge in [0.25, 0.3) is 0 Å². The molecule has 0 bridgehead atoms. The van der Waals surface area contributed by atoms with Gasteiger partial charge in [-0.05, 0) is 12.0 Å². The second-order valence-electron chi connectivity index (χ2n) is 2.58. The Kier molecular flexibility index (Phi) is 5.08. The van der Waals surface area contributed by atoms with Crippen LogP contribution >= 0.6 is 0 Å². The summed E-state index contributed by atoms with van der Waals surface area (Å²) >= 11 is 0. The Labute approximate surface area is 70.7 Å². The van der Waals surface area contributed by atoms with E-state index in [-0.39, 0.29) is 5.88 Å². The second-order valence-corrected chi connectivity index (χ2v) is 2.58. The van der Waals surface area contributed by atoms with E-state index in [4.69, 9.17) is 5.73 Å². The van der Waals surface area contributed by atoms with E-state index in [2.05, 4.69) is 4.74 Å². The average Bonchev–Trinajstić information content (AvgIpc) is 1.84. The molecule has 0 heterocycles. The molecule has 0 aromatic heterocycles. The van der Waals surface area contributed by atoms with Crippen LogP contribution in [0.25, 0.3) is 0 Å². The molecule has 0 spiro atoms. The monoisotopic (exact) mass is 177 g/mol. The van der Waals surface area contributed by atoms with Gasteiger partial charge in [-0.2, -0.15) is 8.78 Å². The minimum absolute atomic E-state index is 0.276. The summed E-state index contributed by atoms with van der Waals surface area (Å²) in [6.07, 6.45) is 4.70. The molecule has 0 radical (unpaired) electrons. The highest BCUT2D eigenvalue weighted by atomic mass is 19.3. The maximum Gasteiger partial charge on any atom is 0.388 e. The first kappa shape index (κ1) is 10.9. The van der Waals surface area contributed by atoms with E-state index in [1.54, 1.807) is 6.08 Å². The van der Waals surface area contributed by atoms with Crippen molar-refractivity contribution in [2.75, 3.05) is 0 Å². The lowest BCUT2D eigenvalue weighted by Crippen LogP contribution is -2.06. The third kappa shape index (κ3) is 7.05. The molecule has 0 fully saturated rings. The molecular formula is C8H13F2NO. The molecule has 0 aliphatic heterocycles. The van der Waals surface area contributed by atoms with Gasteiger partial charge in [0, 0.05) is 0 Å². The SMILES string of the molecule is CC(C)/C=C\C=C(/N)OC(F)F. The Bertz CT molecular complexity index is 176. The summed E-state index contributed by atoms with van der Waals surface area (Å²) in [5.41, 5.74) is 5.07. The fourth-order valence-corrected chi connectivity index (χ4v) is 0.515. The summed E-state index contributed by atoms with van der Waals surface area (Å²) < 4.78 is 26.9. The Morgan fingerprint density at radius 2 is 2.00 bits per heavy atom. The van der Waals surface area contributed by atoms with E-state index in [1.807, 2.05) is 19.9 Å². The van der Waals surface area contributed by atoms with Crippen molar-refractivity contribution in [3.8, 4) is 0 Å². The van der Waals surface area contributed by atoms with Crippen molar-refractivity contribution in [1.82, 2.24) is 0 Å². The van der Waals surface area contributed by atoms with Gasteiger partial charge >= 0.3 is 6.61 Å². The van der Waals surface area contributed by atoms with Crippen molar-refractivity contribution >= 4 is 0 Å². The number of ether oxygens (including phenoxy) is 1. The van der Waals surface area contributed by atoms with Gasteiger partial charge in [-0.3, -0.25) is 0 Å².